The number of aromatic nitrogens is 1. The maximum atomic E-state index is 12.4. The maximum Gasteiger partial charge on any atom is 0.262 e. The quantitative estimate of drug-likeness (QED) is 0.579. The van der Waals surface area contributed by atoms with Crippen LogP contribution in [0.25, 0.3) is 10.9 Å². The Hall–Kier alpha value is -3.69. The molecule has 2 saturated heterocycles. The highest BCUT2D eigenvalue weighted by Gasteiger charge is 2.40. The lowest BCUT2D eigenvalue weighted by Crippen LogP contribution is -2.45. The summed E-state index contributed by atoms with van der Waals surface area (Å²) in [5.74, 6) is 0.117. The zero-order chi connectivity index (χ0) is 23.5. The lowest BCUT2D eigenvalue weighted by Gasteiger charge is -2.38. The molecule has 34 heavy (non-hydrogen) atoms. The van der Waals surface area contributed by atoms with Crippen LogP contribution >= 0.6 is 0 Å². The highest BCUT2D eigenvalue weighted by Crippen LogP contribution is 2.34. The van der Waals surface area contributed by atoms with Crippen LogP contribution in [0.4, 0.5) is 11.5 Å². The second-order valence-electron chi connectivity index (χ2n) is 8.37. The molecule has 2 aliphatic rings. The highest BCUT2D eigenvalue weighted by atomic mass is 16.7. The van der Waals surface area contributed by atoms with Gasteiger partial charge in [0.25, 0.3) is 5.91 Å². The summed E-state index contributed by atoms with van der Waals surface area (Å²) < 4.78 is 17.5. The lowest BCUT2D eigenvalue weighted by molar-refractivity contribution is -0.169. The predicted octanol–water partition coefficient (Wildman–Crippen LogP) is 2.69. The normalized spacial score (nSPS) is 17.1. The first-order valence-corrected chi connectivity index (χ1v) is 11.3. The van der Waals surface area contributed by atoms with Gasteiger partial charge in [0, 0.05) is 42.6 Å². The summed E-state index contributed by atoms with van der Waals surface area (Å²) in [6.45, 7) is 2.71. The van der Waals surface area contributed by atoms with Gasteiger partial charge in [-0.25, -0.2) is 4.98 Å². The third kappa shape index (κ3) is 4.66. The van der Waals surface area contributed by atoms with Crippen molar-refractivity contribution in [3.8, 4) is 5.75 Å². The lowest BCUT2D eigenvalue weighted by atomic mass is 10.0. The summed E-state index contributed by atoms with van der Waals surface area (Å²) >= 11 is 0. The molecule has 3 heterocycles. The number of nitrogens with one attached hydrogen (secondary N) is 1. The number of nitrogens with two attached hydrogens (primary N) is 1. The number of pyridine rings is 1. The number of hydrogen-bond acceptors (Lipinski definition) is 7. The second-order valence-corrected chi connectivity index (χ2v) is 8.37. The van der Waals surface area contributed by atoms with Crippen molar-refractivity contribution in [2.24, 2.45) is 5.73 Å². The Kier molecular flexibility index (Phi) is 6.04. The number of carbonyl (C=O) groups excluding carboxylic acids is 2. The number of para-hydroxylation sites is 1. The van der Waals surface area contributed by atoms with E-state index < -0.39 is 11.7 Å². The molecule has 5 rings (SSSR count). The molecule has 9 nitrogen and oxygen atoms in total. The molecule has 9 heteroatoms. The molecule has 0 radical (unpaired) electrons. The Morgan fingerprint density at radius 1 is 1.03 bits per heavy atom. The van der Waals surface area contributed by atoms with E-state index in [0.717, 1.165) is 37.1 Å². The highest BCUT2D eigenvalue weighted by molar-refractivity contribution is 5.95. The Morgan fingerprint density at radius 3 is 2.47 bits per heavy atom. The van der Waals surface area contributed by atoms with Crippen molar-refractivity contribution in [2.75, 3.05) is 43.1 Å². The van der Waals surface area contributed by atoms with Crippen molar-refractivity contribution >= 4 is 34.2 Å². The molecule has 2 aromatic carbocycles. The molecular formula is C25H26N4O5. The van der Waals surface area contributed by atoms with Gasteiger partial charge in [-0.05, 0) is 42.5 Å². The molecule has 0 saturated carbocycles. The monoisotopic (exact) mass is 462 g/mol. The van der Waals surface area contributed by atoms with Crippen molar-refractivity contribution in [1.82, 2.24) is 4.98 Å². The Balaban J connectivity index is 1.25. The van der Waals surface area contributed by atoms with E-state index in [0.29, 0.717) is 35.7 Å². The minimum Gasteiger partial charge on any atom is -0.481 e. The van der Waals surface area contributed by atoms with E-state index in [-0.39, 0.29) is 12.5 Å². The van der Waals surface area contributed by atoms with Crippen molar-refractivity contribution in [1.29, 1.82) is 0 Å². The number of ether oxygens (including phenoxy) is 3. The van der Waals surface area contributed by atoms with E-state index in [9.17, 15) is 9.59 Å². The summed E-state index contributed by atoms with van der Waals surface area (Å²) in [6.07, 6.45) is 1.59. The number of fused-ring (bicyclic) bond motifs is 1. The summed E-state index contributed by atoms with van der Waals surface area (Å²) in [4.78, 5) is 30.6. The number of amides is 2. The largest absolute Gasteiger partial charge is 0.481 e. The van der Waals surface area contributed by atoms with Crippen LogP contribution in [0, 0.1) is 0 Å². The third-order valence-corrected chi connectivity index (χ3v) is 6.14. The predicted molar refractivity (Wildman–Crippen MR) is 127 cm³/mol. The van der Waals surface area contributed by atoms with E-state index in [1.54, 1.807) is 30.3 Å². The van der Waals surface area contributed by atoms with Gasteiger partial charge >= 0.3 is 0 Å². The average Bonchev–Trinajstić information content (AvgIpc) is 3.31. The third-order valence-electron chi connectivity index (χ3n) is 6.14. The molecule has 3 aromatic rings. The first-order chi connectivity index (χ1) is 16.5. The number of hydrogen-bond donors (Lipinski definition) is 2. The van der Waals surface area contributed by atoms with E-state index >= 15 is 0 Å². The summed E-state index contributed by atoms with van der Waals surface area (Å²) in [5.41, 5.74) is 6.87. The van der Waals surface area contributed by atoms with E-state index in [4.69, 9.17) is 24.9 Å². The van der Waals surface area contributed by atoms with Gasteiger partial charge in [-0.1, -0.05) is 12.1 Å². The van der Waals surface area contributed by atoms with Gasteiger partial charge in [-0.15, -0.1) is 0 Å². The van der Waals surface area contributed by atoms with Crippen LogP contribution < -0.4 is 20.7 Å². The molecule has 2 amide bonds. The number of anilines is 2. The van der Waals surface area contributed by atoms with Gasteiger partial charge in [-0.3, -0.25) is 9.59 Å². The van der Waals surface area contributed by atoms with E-state index in [2.05, 4.69) is 10.2 Å². The number of carbonyl (C=O) groups is 2. The Labute approximate surface area is 196 Å². The van der Waals surface area contributed by atoms with Crippen molar-refractivity contribution in [3.05, 3.63) is 60.2 Å². The van der Waals surface area contributed by atoms with Gasteiger partial charge in [0.2, 0.25) is 5.91 Å². The van der Waals surface area contributed by atoms with Crippen LogP contribution in [0.3, 0.4) is 0 Å². The first kappa shape index (κ1) is 22.1. The van der Waals surface area contributed by atoms with Gasteiger partial charge in [0.15, 0.2) is 12.4 Å². The summed E-state index contributed by atoms with van der Waals surface area (Å²) in [5, 5.41) is 3.68. The number of nitrogens with zero attached hydrogens (tertiary/aromatic N) is 2. The summed E-state index contributed by atoms with van der Waals surface area (Å²) in [7, 11) is 0. The van der Waals surface area contributed by atoms with Gasteiger partial charge in [0.1, 0.15) is 17.1 Å². The fourth-order valence-electron chi connectivity index (χ4n) is 4.32. The average molecular weight is 463 g/mol. The fraction of sp³-hybridized carbons (Fsp3) is 0.320. The van der Waals surface area contributed by atoms with Crippen molar-refractivity contribution in [2.45, 2.75) is 18.6 Å². The van der Waals surface area contributed by atoms with Gasteiger partial charge in [0.05, 0.1) is 13.2 Å². The van der Waals surface area contributed by atoms with E-state index in [1.165, 1.54) is 0 Å². The van der Waals surface area contributed by atoms with Crippen LogP contribution in [0.1, 0.15) is 23.2 Å². The van der Waals surface area contributed by atoms with Crippen LogP contribution in [0.15, 0.2) is 54.6 Å². The molecule has 3 N–H and O–H groups in total. The van der Waals surface area contributed by atoms with Crippen LogP contribution in [-0.2, 0) is 14.3 Å². The number of benzene rings is 2. The first-order valence-electron chi connectivity index (χ1n) is 11.3. The smallest absolute Gasteiger partial charge is 0.262 e. The molecule has 1 spiro atoms. The number of piperidine rings is 1. The minimum absolute atomic E-state index is 0.177. The number of primary amides is 1. The van der Waals surface area contributed by atoms with Gasteiger partial charge in [-0.2, -0.15) is 0 Å². The Bertz CT molecular complexity index is 1200. The van der Waals surface area contributed by atoms with Crippen LogP contribution in [-0.4, -0.2) is 55.5 Å². The van der Waals surface area contributed by atoms with E-state index in [1.807, 2.05) is 24.3 Å². The van der Waals surface area contributed by atoms with Crippen LogP contribution in [0.5, 0.6) is 5.75 Å². The van der Waals surface area contributed by atoms with Gasteiger partial charge < -0.3 is 30.2 Å². The molecule has 176 valence electrons. The molecule has 0 atom stereocenters. The zero-order valence-corrected chi connectivity index (χ0v) is 18.7. The molecular weight excluding hydrogens is 436 g/mol. The maximum absolute atomic E-state index is 12.4. The standard InChI is InChI=1S/C25H26N4O5/c26-24(31)18-4-7-19(8-5-18)27-22(30)16-32-20-3-1-2-17-6-9-21(28-23(17)20)29-12-10-25(11-13-29)33-14-15-34-25/h1-9H,10-16H2,(H2,26,31)(H,27,30). The molecule has 0 unspecified atom stereocenters. The number of rotatable bonds is 6. The molecule has 1 aromatic heterocycles. The fourth-order valence-corrected chi connectivity index (χ4v) is 4.32. The molecule has 0 aliphatic carbocycles. The molecule has 2 fully saturated rings. The molecule has 2 aliphatic heterocycles. The Morgan fingerprint density at radius 2 is 1.76 bits per heavy atom. The van der Waals surface area contributed by atoms with Crippen LogP contribution in [0.2, 0.25) is 0 Å². The SMILES string of the molecule is NC(=O)c1ccc(NC(=O)COc2cccc3ccc(N4CCC5(CC4)OCCO5)nc23)cc1. The van der Waals surface area contributed by atoms with Crippen molar-refractivity contribution in [3.63, 3.8) is 0 Å². The second kappa shape index (κ2) is 9.28. The molecule has 0 bridgehead atoms. The van der Waals surface area contributed by atoms with Crippen molar-refractivity contribution < 1.29 is 23.8 Å². The topological polar surface area (TPSA) is 116 Å². The minimum atomic E-state index is -0.520. The summed E-state index contributed by atoms with van der Waals surface area (Å²) in [6, 6.07) is 16.0. The zero-order valence-electron chi connectivity index (χ0n) is 18.7.